The van der Waals surface area contributed by atoms with Gasteiger partial charge in [-0.05, 0) is 70.6 Å². The maximum Gasteiger partial charge on any atom is 0.0701 e. The summed E-state index contributed by atoms with van der Waals surface area (Å²) in [5.74, 6) is 0. The minimum absolute atomic E-state index is 0.0327. The topological polar surface area (TPSA) is 29.3 Å². The quantitative estimate of drug-likeness (QED) is 0.796. The SMILES string of the molecule is CN(CCC(N)c1cccc(Cl)c1)Cc1csc(Br)c1. The smallest absolute Gasteiger partial charge is 0.0701 e. The maximum atomic E-state index is 6.22. The van der Waals surface area contributed by atoms with Gasteiger partial charge in [0, 0.05) is 17.6 Å². The third-order valence-electron chi connectivity index (χ3n) is 3.17. The molecule has 1 atom stereocenters. The summed E-state index contributed by atoms with van der Waals surface area (Å²) in [5.41, 5.74) is 8.65. The lowest BCUT2D eigenvalue weighted by molar-refractivity contribution is 0.312. The van der Waals surface area contributed by atoms with E-state index in [1.54, 1.807) is 11.3 Å². The highest BCUT2D eigenvalue weighted by Crippen LogP contribution is 2.22. The summed E-state index contributed by atoms with van der Waals surface area (Å²) in [6, 6.07) is 10.0. The van der Waals surface area contributed by atoms with Crippen molar-refractivity contribution in [1.82, 2.24) is 4.90 Å². The Labute approximate surface area is 137 Å². The van der Waals surface area contributed by atoms with Crippen molar-refractivity contribution < 1.29 is 0 Å². The van der Waals surface area contributed by atoms with Crippen molar-refractivity contribution in [3.05, 3.63) is 55.6 Å². The number of nitrogens with zero attached hydrogens (tertiary/aromatic N) is 1. The van der Waals surface area contributed by atoms with E-state index in [4.69, 9.17) is 17.3 Å². The molecule has 2 nitrogen and oxygen atoms in total. The van der Waals surface area contributed by atoms with Crippen LogP contribution in [0.4, 0.5) is 0 Å². The van der Waals surface area contributed by atoms with Crippen molar-refractivity contribution >= 4 is 38.9 Å². The van der Waals surface area contributed by atoms with Gasteiger partial charge in [0.05, 0.1) is 3.79 Å². The fraction of sp³-hybridized carbons (Fsp3) is 0.333. The lowest BCUT2D eigenvalue weighted by Gasteiger charge is -2.19. The largest absolute Gasteiger partial charge is 0.324 e. The number of hydrogen-bond acceptors (Lipinski definition) is 3. The Bertz CT molecular complexity index is 558. The third kappa shape index (κ3) is 4.86. The Balaban J connectivity index is 1.82. The van der Waals surface area contributed by atoms with Crippen LogP contribution in [0, 0.1) is 0 Å². The van der Waals surface area contributed by atoms with E-state index in [-0.39, 0.29) is 6.04 Å². The fourth-order valence-electron chi connectivity index (χ4n) is 2.08. The molecule has 20 heavy (non-hydrogen) atoms. The molecule has 0 aliphatic rings. The van der Waals surface area contributed by atoms with E-state index in [0.717, 1.165) is 30.1 Å². The van der Waals surface area contributed by atoms with Gasteiger partial charge in [-0.3, -0.25) is 0 Å². The molecule has 5 heteroatoms. The van der Waals surface area contributed by atoms with Gasteiger partial charge in [-0.1, -0.05) is 23.7 Å². The molecule has 1 aromatic carbocycles. The monoisotopic (exact) mass is 372 g/mol. The van der Waals surface area contributed by atoms with Gasteiger partial charge in [0.15, 0.2) is 0 Å². The van der Waals surface area contributed by atoms with E-state index in [2.05, 4.69) is 39.3 Å². The highest BCUT2D eigenvalue weighted by Gasteiger charge is 2.09. The number of nitrogens with two attached hydrogens (primary N) is 1. The van der Waals surface area contributed by atoms with Gasteiger partial charge >= 0.3 is 0 Å². The second kappa shape index (κ2) is 7.57. The normalized spacial score (nSPS) is 12.8. The Morgan fingerprint density at radius 2 is 2.20 bits per heavy atom. The molecule has 0 saturated carbocycles. The molecule has 0 bridgehead atoms. The molecule has 0 saturated heterocycles. The van der Waals surface area contributed by atoms with E-state index in [1.165, 1.54) is 9.35 Å². The molecular weight excluding hydrogens is 356 g/mol. The van der Waals surface area contributed by atoms with E-state index >= 15 is 0 Å². The number of thiophene rings is 1. The highest BCUT2D eigenvalue weighted by atomic mass is 79.9. The Morgan fingerprint density at radius 3 is 2.85 bits per heavy atom. The fourth-order valence-corrected chi connectivity index (χ4v) is 3.48. The zero-order valence-electron chi connectivity index (χ0n) is 11.4. The number of rotatable bonds is 6. The van der Waals surface area contributed by atoms with E-state index in [9.17, 15) is 0 Å². The van der Waals surface area contributed by atoms with Crippen molar-refractivity contribution in [1.29, 1.82) is 0 Å². The Morgan fingerprint density at radius 1 is 1.40 bits per heavy atom. The van der Waals surface area contributed by atoms with E-state index in [1.807, 2.05) is 24.3 Å². The van der Waals surface area contributed by atoms with E-state index in [0.29, 0.717) is 0 Å². The van der Waals surface area contributed by atoms with Crippen LogP contribution >= 0.6 is 38.9 Å². The van der Waals surface area contributed by atoms with Crippen molar-refractivity contribution in [3.8, 4) is 0 Å². The summed E-state index contributed by atoms with van der Waals surface area (Å²) < 4.78 is 1.18. The maximum absolute atomic E-state index is 6.22. The lowest BCUT2D eigenvalue weighted by Crippen LogP contribution is -2.23. The molecule has 0 aliphatic heterocycles. The van der Waals surface area contributed by atoms with Crippen molar-refractivity contribution in [2.75, 3.05) is 13.6 Å². The van der Waals surface area contributed by atoms with Crippen LogP contribution in [0.25, 0.3) is 0 Å². The summed E-state index contributed by atoms with van der Waals surface area (Å²) in [6.45, 7) is 1.91. The average molecular weight is 374 g/mol. The Hall–Kier alpha value is -0.390. The first-order valence-electron chi connectivity index (χ1n) is 6.47. The number of halogens is 2. The van der Waals surface area contributed by atoms with Crippen LogP contribution in [-0.4, -0.2) is 18.5 Å². The first-order chi connectivity index (χ1) is 9.54. The summed E-state index contributed by atoms with van der Waals surface area (Å²) >= 11 is 11.2. The first-order valence-corrected chi connectivity index (χ1v) is 8.52. The molecule has 108 valence electrons. The minimum atomic E-state index is 0.0327. The summed E-state index contributed by atoms with van der Waals surface area (Å²) in [4.78, 5) is 2.29. The molecule has 0 fully saturated rings. The molecule has 0 amide bonds. The average Bonchev–Trinajstić information content (AvgIpc) is 2.81. The van der Waals surface area contributed by atoms with Crippen molar-refractivity contribution in [2.45, 2.75) is 19.0 Å². The molecule has 2 aromatic rings. The van der Waals surface area contributed by atoms with Crippen LogP contribution in [0.2, 0.25) is 5.02 Å². The molecule has 2 N–H and O–H groups in total. The molecular formula is C15H18BrClN2S. The van der Waals surface area contributed by atoms with Crippen LogP contribution in [0.5, 0.6) is 0 Å². The third-order valence-corrected chi connectivity index (χ3v) is 4.96. The van der Waals surface area contributed by atoms with Crippen LogP contribution in [-0.2, 0) is 6.54 Å². The van der Waals surface area contributed by atoms with Gasteiger partial charge in [0.2, 0.25) is 0 Å². The zero-order chi connectivity index (χ0) is 14.5. The van der Waals surface area contributed by atoms with Crippen LogP contribution in [0.1, 0.15) is 23.6 Å². The predicted molar refractivity (Wildman–Crippen MR) is 91.4 cm³/mol. The molecule has 1 aromatic heterocycles. The molecule has 1 heterocycles. The predicted octanol–water partition coefficient (Wildman–Crippen LogP) is 4.69. The molecule has 0 aliphatic carbocycles. The van der Waals surface area contributed by atoms with Crippen LogP contribution in [0.3, 0.4) is 0 Å². The van der Waals surface area contributed by atoms with Crippen molar-refractivity contribution in [3.63, 3.8) is 0 Å². The first kappa shape index (κ1) is 16.0. The second-order valence-electron chi connectivity index (χ2n) is 4.95. The minimum Gasteiger partial charge on any atom is -0.324 e. The highest BCUT2D eigenvalue weighted by molar-refractivity contribution is 9.11. The van der Waals surface area contributed by atoms with Gasteiger partial charge < -0.3 is 10.6 Å². The Kier molecular flexibility index (Phi) is 6.05. The van der Waals surface area contributed by atoms with E-state index < -0.39 is 0 Å². The van der Waals surface area contributed by atoms with Gasteiger partial charge in [-0.15, -0.1) is 11.3 Å². The molecule has 1 unspecified atom stereocenters. The molecule has 0 radical (unpaired) electrons. The zero-order valence-corrected chi connectivity index (χ0v) is 14.5. The van der Waals surface area contributed by atoms with Gasteiger partial charge in [0.1, 0.15) is 0 Å². The summed E-state index contributed by atoms with van der Waals surface area (Å²) in [7, 11) is 2.12. The standard InChI is InChI=1S/C15H18BrClN2S/c1-19(9-11-7-15(16)20-10-11)6-5-14(18)12-3-2-4-13(17)8-12/h2-4,7-8,10,14H,5-6,9,18H2,1H3. The molecule has 0 spiro atoms. The van der Waals surface area contributed by atoms with Gasteiger partial charge in [-0.2, -0.15) is 0 Å². The molecule has 2 rings (SSSR count). The van der Waals surface area contributed by atoms with Gasteiger partial charge in [0.25, 0.3) is 0 Å². The summed E-state index contributed by atoms with van der Waals surface area (Å²) in [6.07, 6.45) is 0.919. The lowest BCUT2D eigenvalue weighted by atomic mass is 10.0. The van der Waals surface area contributed by atoms with Crippen LogP contribution in [0.15, 0.2) is 39.5 Å². The number of hydrogen-bond donors (Lipinski definition) is 1. The summed E-state index contributed by atoms with van der Waals surface area (Å²) in [5, 5.41) is 2.92. The van der Waals surface area contributed by atoms with Gasteiger partial charge in [-0.25, -0.2) is 0 Å². The second-order valence-corrected chi connectivity index (χ2v) is 7.67. The number of benzene rings is 1. The van der Waals surface area contributed by atoms with Crippen molar-refractivity contribution in [2.24, 2.45) is 5.73 Å². The van der Waals surface area contributed by atoms with Crippen LogP contribution < -0.4 is 5.73 Å².